The van der Waals surface area contributed by atoms with Crippen LogP contribution < -0.4 is 9.50 Å². The lowest BCUT2D eigenvalue weighted by atomic mass is 10.2. The number of hydrogen-bond acceptors (Lipinski definition) is 4. The predicted molar refractivity (Wildman–Crippen MR) is 55.1 cm³/mol. The summed E-state index contributed by atoms with van der Waals surface area (Å²) in [6.07, 6.45) is 0. The van der Waals surface area contributed by atoms with Gasteiger partial charge in [0.1, 0.15) is 5.75 Å². The fraction of sp³-hybridized carbons (Fsp3) is 0.222. The zero-order valence-corrected chi connectivity index (χ0v) is 9.25. The molecule has 7 heteroatoms. The molecule has 5 nitrogen and oxygen atoms in total. The Bertz CT molecular complexity index is 469. The van der Waals surface area contributed by atoms with E-state index in [2.05, 4.69) is 9.50 Å². The van der Waals surface area contributed by atoms with Crippen LogP contribution in [-0.4, -0.2) is 20.9 Å². The Balaban J connectivity index is 2.79. The van der Waals surface area contributed by atoms with Gasteiger partial charge in [0, 0.05) is 12.1 Å². The number of rotatable bonds is 4. The highest BCUT2D eigenvalue weighted by atomic mass is 32.3. The van der Waals surface area contributed by atoms with Crippen LogP contribution in [0.15, 0.2) is 24.3 Å². The van der Waals surface area contributed by atoms with Crippen molar-refractivity contribution in [2.24, 2.45) is 0 Å². The zero-order chi connectivity index (χ0) is 12.2. The summed E-state index contributed by atoms with van der Waals surface area (Å²) < 4.78 is 36.4. The SMILES string of the molecule is CCNC(=O)c1ccc(OS(=O)(=O)F)cc1. The summed E-state index contributed by atoms with van der Waals surface area (Å²) in [4.78, 5) is 11.3. The Morgan fingerprint density at radius 2 is 1.94 bits per heavy atom. The van der Waals surface area contributed by atoms with Crippen molar-refractivity contribution in [2.45, 2.75) is 6.92 Å². The van der Waals surface area contributed by atoms with Crippen LogP contribution in [-0.2, 0) is 10.5 Å². The molecule has 0 unspecified atom stereocenters. The first-order valence-electron chi connectivity index (χ1n) is 4.44. The highest BCUT2D eigenvalue weighted by Crippen LogP contribution is 2.14. The highest BCUT2D eigenvalue weighted by molar-refractivity contribution is 7.81. The van der Waals surface area contributed by atoms with E-state index in [9.17, 15) is 17.1 Å². The van der Waals surface area contributed by atoms with Gasteiger partial charge in [-0.2, -0.15) is 8.42 Å². The van der Waals surface area contributed by atoms with E-state index < -0.39 is 10.5 Å². The predicted octanol–water partition coefficient (Wildman–Crippen LogP) is 1.03. The first-order valence-corrected chi connectivity index (χ1v) is 5.75. The van der Waals surface area contributed by atoms with E-state index in [0.29, 0.717) is 12.1 Å². The molecule has 1 amide bonds. The number of benzene rings is 1. The number of carbonyl (C=O) groups is 1. The van der Waals surface area contributed by atoms with Crippen molar-refractivity contribution in [3.05, 3.63) is 29.8 Å². The molecule has 1 aromatic rings. The Morgan fingerprint density at radius 1 is 1.38 bits per heavy atom. The van der Waals surface area contributed by atoms with Gasteiger partial charge in [0.05, 0.1) is 0 Å². The van der Waals surface area contributed by atoms with Crippen LogP contribution in [0, 0.1) is 0 Å². The summed E-state index contributed by atoms with van der Waals surface area (Å²) in [5.41, 5.74) is 0.338. The Kier molecular flexibility index (Phi) is 3.83. The quantitative estimate of drug-likeness (QED) is 0.806. The van der Waals surface area contributed by atoms with Crippen LogP contribution in [0.4, 0.5) is 3.89 Å². The summed E-state index contributed by atoms with van der Waals surface area (Å²) in [6, 6.07) is 5.07. The fourth-order valence-electron chi connectivity index (χ4n) is 1.04. The van der Waals surface area contributed by atoms with Crippen LogP contribution in [0.2, 0.25) is 0 Å². The Hall–Kier alpha value is -1.63. The minimum Gasteiger partial charge on any atom is -0.358 e. The van der Waals surface area contributed by atoms with Crippen LogP contribution in [0.5, 0.6) is 5.75 Å². The third-order valence-corrected chi connectivity index (χ3v) is 2.04. The minimum atomic E-state index is -5.02. The maximum absolute atomic E-state index is 12.1. The lowest BCUT2D eigenvalue weighted by Gasteiger charge is -2.03. The van der Waals surface area contributed by atoms with E-state index in [1.54, 1.807) is 6.92 Å². The summed E-state index contributed by atoms with van der Waals surface area (Å²) in [6.45, 7) is 2.25. The monoisotopic (exact) mass is 247 g/mol. The third-order valence-electron chi connectivity index (χ3n) is 1.65. The van der Waals surface area contributed by atoms with E-state index >= 15 is 0 Å². The first-order chi connectivity index (χ1) is 7.42. The van der Waals surface area contributed by atoms with Crippen LogP contribution in [0.1, 0.15) is 17.3 Å². The number of carbonyl (C=O) groups excluding carboxylic acids is 1. The molecule has 0 heterocycles. The number of halogens is 1. The van der Waals surface area contributed by atoms with Crippen molar-refractivity contribution in [3.63, 3.8) is 0 Å². The van der Waals surface area contributed by atoms with Crippen LogP contribution in [0.25, 0.3) is 0 Å². The first kappa shape index (κ1) is 12.4. The summed E-state index contributed by atoms with van der Waals surface area (Å²) >= 11 is 0. The lowest BCUT2D eigenvalue weighted by molar-refractivity contribution is 0.0956. The fourth-order valence-corrected chi connectivity index (χ4v) is 1.38. The van der Waals surface area contributed by atoms with Crippen LogP contribution >= 0.6 is 0 Å². The van der Waals surface area contributed by atoms with Crippen molar-refractivity contribution in [2.75, 3.05) is 6.54 Å². The molecule has 0 saturated heterocycles. The van der Waals surface area contributed by atoms with Crippen molar-refractivity contribution in [3.8, 4) is 5.75 Å². The molecule has 0 fully saturated rings. The number of amides is 1. The van der Waals surface area contributed by atoms with E-state index in [-0.39, 0.29) is 11.7 Å². The van der Waals surface area contributed by atoms with Gasteiger partial charge in [-0.15, -0.1) is 0 Å². The average Bonchev–Trinajstić information content (AvgIpc) is 2.16. The minimum absolute atomic E-state index is 0.185. The smallest absolute Gasteiger partial charge is 0.358 e. The van der Waals surface area contributed by atoms with Gasteiger partial charge in [-0.05, 0) is 31.2 Å². The molecule has 0 atom stereocenters. The molecule has 0 bridgehead atoms. The van der Waals surface area contributed by atoms with E-state index in [4.69, 9.17) is 0 Å². The largest absolute Gasteiger partial charge is 0.488 e. The summed E-state index contributed by atoms with van der Waals surface area (Å²) in [5.74, 6) is -0.479. The normalized spacial score (nSPS) is 10.9. The molecular formula is C9H10FNO4S. The molecule has 0 radical (unpaired) electrons. The summed E-state index contributed by atoms with van der Waals surface area (Å²) in [7, 11) is -5.02. The third kappa shape index (κ3) is 3.85. The van der Waals surface area contributed by atoms with Crippen LogP contribution in [0.3, 0.4) is 0 Å². The maximum atomic E-state index is 12.1. The molecule has 16 heavy (non-hydrogen) atoms. The maximum Gasteiger partial charge on any atom is 0.488 e. The molecular weight excluding hydrogens is 237 g/mol. The van der Waals surface area contributed by atoms with Gasteiger partial charge in [0.25, 0.3) is 5.91 Å². The van der Waals surface area contributed by atoms with Crippen molar-refractivity contribution >= 4 is 16.4 Å². The van der Waals surface area contributed by atoms with Gasteiger partial charge in [-0.1, -0.05) is 3.89 Å². The van der Waals surface area contributed by atoms with E-state index in [1.807, 2.05) is 0 Å². The van der Waals surface area contributed by atoms with Gasteiger partial charge in [-0.3, -0.25) is 4.79 Å². The van der Waals surface area contributed by atoms with Gasteiger partial charge in [-0.25, -0.2) is 0 Å². The van der Waals surface area contributed by atoms with Gasteiger partial charge in [0.15, 0.2) is 0 Å². The number of nitrogens with one attached hydrogen (secondary N) is 1. The summed E-state index contributed by atoms with van der Waals surface area (Å²) in [5, 5.41) is 2.56. The molecule has 1 rings (SSSR count). The van der Waals surface area contributed by atoms with Crippen molar-refractivity contribution in [1.82, 2.24) is 5.32 Å². The molecule has 88 valence electrons. The second-order valence-electron chi connectivity index (χ2n) is 2.86. The van der Waals surface area contributed by atoms with Gasteiger partial charge < -0.3 is 9.50 Å². The molecule has 0 aliphatic rings. The molecule has 1 N–H and O–H groups in total. The number of hydrogen-bond donors (Lipinski definition) is 1. The molecule has 0 aromatic heterocycles. The molecule has 0 aliphatic heterocycles. The Labute approximate surface area is 92.6 Å². The standard InChI is InChI=1S/C9H10FNO4S/c1-2-11-9(12)7-3-5-8(6-4-7)15-16(10,13)14/h3-6H,2H2,1H3,(H,11,12). The Morgan fingerprint density at radius 3 is 2.38 bits per heavy atom. The second-order valence-corrected chi connectivity index (χ2v) is 3.81. The average molecular weight is 247 g/mol. The topological polar surface area (TPSA) is 72.5 Å². The second kappa shape index (κ2) is 4.93. The van der Waals surface area contributed by atoms with Gasteiger partial charge in [0.2, 0.25) is 0 Å². The van der Waals surface area contributed by atoms with E-state index in [0.717, 1.165) is 0 Å². The van der Waals surface area contributed by atoms with Gasteiger partial charge >= 0.3 is 10.5 Å². The molecule has 0 aliphatic carbocycles. The van der Waals surface area contributed by atoms with E-state index in [1.165, 1.54) is 24.3 Å². The zero-order valence-electron chi connectivity index (χ0n) is 8.44. The molecule has 0 saturated carbocycles. The lowest BCUT2D eigenvalue weighted by Crippen LogP contribution is -2.22. The molecule has 1 aromatic carbocycles. The molecule has 0 spiro atoms. The van der Waals surface area contributed by atoms with Crippen molar-refractivity contribution in [1.29, 1.82) is 0 Å². The van der Waals surface area contributed by atoms with Crippen molar-refractivity contribution < 1.29 is 21.3 Å². The highest BCUT2D eigenvalue weighted by Gasteiger charge is 2.10.